The molecule has 1 amide bonds. The number of carbonyl (C=O) groups is 1. The van der Waals surface area contributed by atoms with Gasteiger partial charge in [-0.05, 0) is 80.0 Å². The third kappa shape index (κ3) is 5.39. The van der Waals surface area contributed by atoms with Crippen molar-refractivity contribution in [2.24, 2.45) is 11.8 Å². The molecular formula is C26H26F4N4O. The first-order valence-electron chi connectivity index (χ1n) is 11.9. The number of halogens is 4. The SMILES string of the molecule is O=C(c1ccc(F)cc1)N(CC1CC1)CC1CCN(c2nccc3nc(C(F)(F)F)ccc23)CC1. The number of hydrogen-bond donors (Lipinski definition) is 0. The Bertz CT molecular complexity index is 1200. The van der Waals surface area contributed by atoms with Crippen molar-refractivity contribution >= 4 is 22.6 Å². The minimum absolute atomic E-state index is 0.0680. The summed E-state index contributed by atoms with van der Waals surface area (Å²) in [6, 6.07) is 9.62. The molecule has 2 aromatic heterocycles. The van der Waals surface area contributed by atoms with E-state index in [1.165, 1.54) is 42.6 Å². The maximum Gasteiger partial charge on any atom is 0.433 e. The van der Waals surface area contributed by atoms with Gasteiger partial charge in [0.25, 0.3) is 5.91 Å². The van der Waals surface area contributed by atoms with Crippen LogP contribution < -0.4 is 4.90 Å². The standard InChI is InChI=1S/C26H26F4N4O/c27-20-5-3-19(4-6-20)25(35)34(15-17-1-2-17)16-18-10-13-33(14-11-18)24-21-7-8-23(26(28,29)30)32-22(21)9-12-31-24/h3-9,12,17-18H,1-2,10-11,13-16H2. The molecule has 5 rings (SSSR count). The summed E-state index contributed by atoms with van der Waals surface area (Å²) in [5, 5.41) is 0.598. The number of piperidine rings is 1. The minimum Gasteiger partial charge on any atom is -0.356 e. The lowest BCUT2D eigenvalue weighted by atomic mass is 9.95. The van der Waals surface area contributed by atoms with Gasteiger partial charge in [-0.1, -0.05) is 0 Å². The van der Waals surface area contributed by atoms with Crippen LogP contribution in [0.25, 0.3) is 10.9 Å². The molecule has 3 aromatic rings. The topological polar surface area (TPSA) is 49.3 Å². The van der Waals surface area contributed by atoms with Crippen molar-refractivity contribution in [1.29, 1.82) is 0 Å². The van der Waals surface area contributed by atoms with Gasteiger partial charge in [0.2, 0.25) is 0 Å². The highest BCUT2D eigenvalue weighted by Crippen LogP contribution is 2.34. The number of hydrogen-bond acceptors (Lipinski definition) is 4. The van der Waals surface area contributed by atoms with Crippen molar-refractivity contribution in [2.75, 3.05) is 31.1 Å². The number of benzene rings is 1. The molecule has 1 aliphatic heterocycles. The lowest BCUT2D eigenvalue weighted by Gasteiger charge is -2.36. The Morgan fingerprint density at radius 1 is 0.943 bits per heavy atom. The lowest BCUT2D eigenvalue weighted by molar-refractivity contribution is -0.140. The Morgan fingerprint density at radius 2 is 1.60 bits per heavy atom. The minimum atomic E-state index is -4.49. The summed E-state index contributed by atoms with van der Waals surface area (Å²) in [7, 11) is 0. The third-order valence-corrected chi connectivity index (χ3v) is 6.83. The summed E-state index contributed by atoms with van der Waals surface area (Å²) in [5.41, 5.74) is -0.148. The molecule has 0 N–H and O–H groups in total. The van der Waals surface area contributed by atoms with Gasteiger partial charge in [-0.25, -0.2) is 14.4 Å². The van der Waals surface area contributed by atoms with Crippen LogP contribution in [-0.4, -0.2) is 47.0 Å². The fraction of sp³-hybridized carbons (Fsp3) is 0.423. The molecule has 184 valence electrons. The van der Waals surface area contributed by atoms with Gasteiger partial charge in [0, 0.05) is 43.3 Å². The summed E-state index contributed by atoms with van der Waals surface area (Å²) in [6.07, 6.45) is 0.933. The molecule has 1 saturated carbocycles. The summed E-state index contributed by atoms with van der Waals surface area (Å²) < 4.78 is 52.5. The largest absolute Gasteiger partial charge is 0.433 e. The van der Waals surface area contributed by atoms with Crippen molar-refractivity contribution in [1.82, 2.24) is 14.9 Å². The molecule has 35 heavy (non-hydrogen) atoms. The van der Waals surface area contributed by atoms with Crippen molar-refractivity contribution in [3.8, 4) is 0 Å². The van der Waals surface area contributed by atoms with E-state index in [1.54, 1.807) is 0 Å². The van der Waals surface area contributed by atoms with E-state index in [2.05, 4.69) is 14.9 Å². The smallest absolute Gasteiger partial charge is 0.356 e. The normalized spacial score (nSPS) is 17.1. The van der Waals surface area contributed by atoms with Crippen LogP contribution in [-0.2, 0) is 6.18 Å². The van der Waals surface area contributed by atoms with E-state index in [0.717, 1.165) is 31.7 Å². The molecule has 1 saturated heterocycles. The molecule has 0 bridgehead atoms. The summed E-state index contributed by atoms with van der Waals surface area (Å²) in [6.45, 7) is 2.74. The molecule has 2 fully saturated rings. The Hall–Kier alpha value is -3.23. The Morgan fingerprint density at radius 3 is 2.23 bits per heavy atom. The first-order chi connectivity index (χ1) is 16.8. The summed E-state index contributed by atoms with van der Waals surface area (Å²) in [4.78, 5) is 25.3. The number of anilines is 1. The molecule has 3 heterocycles. The molecule has 0 atom stereocenters. The summed E-state index contributed by atoms with van der Waals surface area (Å²) in [5.74, 6) is 1.04. The van der Waals surface area contributed by atoms with E-state index in [-0.39, 0.29) is 17.2 Å². The second-order valence-electron chi connectivity index (χ2n) is 9.49. The average Bonchev–Trinajstić information content (AvgIpc) is 3.67. The number of pyridine rings is 2. The maximum atomic E-state index is 13.3. The van der Waals surface area contributed by atoms with E-state index >= 15 is 0 Å². The fourth-order valence-corrected chi connectivity index (χ4v) is 4.72. The van der Waals surface area contributed by atoms with E-state index in [1.807, 2.05) is 4.90 Å². The van der Waals surface area contributed by atoms with Crippen LogP contribution >= 0.6 is 0 Å². The second-order valence-corrected chi connectivity index (χ2v) is 9.49. The zero-order valence-corrected chi connectivity index (χ0v) is 19.1. The monoisotopic (exact) mass is 486 g/mol. The predicted octanol–water partition coefficient (Wildman–Crippen LogP) is 5.56. The molecule has 0 radical (unpaired) electrons. The molecule has 0 spiro atoms. The van der Waals surface area contributed by atoms with E-state index < -0.39 is 11.9 Å². The van der Waals surface area contributed by atoms with Crippen LogP contribution in [0.3, 0.4) is 0 Å². The molecule has 0 unspecified atom stereocenters. The van der Waals surface area contributed by atoms with Gasteiger partial charge in [-0.2, -0.15) is 13.2 Å². The van der Waals surface area contributed by atoms with Crippen molar-refractivity contribution < 1.29 is 22.4 Å². The first-order valence-corrected chi connectivity index (χ1v) is 11.9. The third-order valence-electron chi connectivity index (χ3n) is 6.83. The molecule has 1 aromatic carbocycles. The molecule has 2 aliphatic rings. The number of amides is 1. The number of nitrogens with zero attached hydrogens (tertiary/aromatic N) is 4. The van der Waals surface area contributed by atoms with Crippen molar-refractivity contribution in [3.05, 3.63) is 65.7 Å². The first kappa shape index (κ1) is 23.5. The van der Waals surface area contributed by atoms with E-state index in [0.29, 0.717) is 54.8 Å². The van der Waals surface area contributed by atoms with Gasteiger partial charge in [-0.3, -0.25) is 4.79 Å². The van der Waals surface area contributed by atoms with Crippen molar-refractivity contribution in [2.45, 2.75) is 31.9 Å². The van der Waals surface area contributed by atoms with Gasteiger partial charge in [0.15, 0.2) is 0 Å². The quantitative estimate of drug-likeness (QED) is 0.429. The van der Waals surface area contributed by atoms with Crippen LogP contribution in [0.2, 0.25) is 0 Å². The van der Waals surface area contributed by atoms with E-state index in [9.17, 15) is 22.4 Å². The van der Waals surface area contributed by atoms with Gasteiger partial charge in [0.1, 0.15) is 17.3 Å². The highest BCUT2D eigenvalue weighted by atomic mass is 19.4. The zero-order chi connectivity index (χ0) is 24.6. The van der Waals surface area contributed by atoms with Crippen LogP contribution in [0.15, 0.2) is 48.7 Å². The molecule has 9 heteroatoms. The highest BCUT2D eigenvalue weighted by molar-refractivity contribution is 5.94. The van der Waals surface area contributed by atoms with Gasteiger partial charge in [0.05, 0.1) is 5.52 Å². The maximum absolute atomic E-state index is 13.3. The average molecular weight is 487 g/mol. The lowest BCUT2D eigenvalue weighted by Crippen LogP contribution is -2.42. The number of aromatic nitrogens is 2. The van der Waals surface area contributed by atoms with E-state index in [4.69, 9.17) is 0 Å². The molecule has 5 nitrogen and oxygen atoms in total. The Balaban J connectivity index is 1.26. The Kier molecular flexibility index (Phi) is 6.34. The van der Waals surface area contributed by atoms with Crippen LogP contribution in [0.1, 0.15) is 41.7 Å². The summed E-state index contributed by atoms with van der Waals surface area (Å²) >= 11 is 0. The molecule has 1 aliphatic carbocycles. The van der Waals surface area contributed by atoms with Gasteiger partial charge >= 0.3 is 6.18 Å². The predicted molar refractivity (Wildman–Crippen MR) is 125 cm³/mol. The number of fused-ring (bicyclic) bond motifs is 1. The van der Waals surface area contributed by atoms with Crippen LogP contribution in [0.5, 0.6) is 0 Å². The van der Waals surface area contributed by atoms with Crippen molar-refractivity contribution in [3.63, 3.8) is 0 Å². The number of alkyl halides is 3. The van der Waals surface area contributed by atoms with Gasteiger partial charge in [-0.15, -0.1) is 0 Å². The second kappa shape index (κ2) is 9.43. The number of rotatable bonds is 6. The zero-order valence-electron chi connectivity index (χ0n) is 19.1. The van der Waals surface area contributed by atoms with Crippen LogP contribution in [0, 0.1) is 17.7 Å². The van der Waals surface area contributed by atoms with Crippen LogP contribution in [0.4, 0.5) is 23.4 Å². The Labute approximate surface area is 200 Å². The molecular weight excluding hydrogens is 460 g/mol. The highest BCUT2D eigenvalue weighted by Gasteiger charge is 2.33. The fourth-order valence-electron chi connectivity index (χ4n) is 4.72. The number of carbonyl (C=O) groups excluding carboxylic acids is 1. The van der Waals surface area contributed by atoms with Gasteiger partial charge < -0.3 is 9.80 Å².